The van der Waals surface area contributed by atoms with Crippen LogP contribution in [0.5, 0.6) is 17.2 Å². The molecular weight excluding hydrogens is 540 g/mol. The Morgan fingerprint density at radius 1 is 1.07 bits per heavy atom. The van der Waals surface area contributed by atoms with Crippen LogP contribution in [-0.4, -0.2) is 45.8 Å². The second kappa shape index (κ2) is 12.5. The molecule has 0 bridgehead atoms. The van der Waals surface area contributed by atoms with Gasteiger partial charge in [-0.3, -0.25) is 14.5 Å². The molecule has 1 saturated heterocycles. The number of nitrogens with zero attached hydrogens (tertiary/aromatic N) is 1. The summed E-state index contributed by atoms with van der Waals surface area (Å²) in [7, 11) is -2.16. The van der Waals surface area contributed by atoms with E-state index < -0.39 is 10.0 Å². The van der Waals surface area contributed by atoms with Crippen molar-refractivity contribution in [2.45, 2.75) is 52.4 Å². The zero-order valence-corrected chi connectivity index (χ0v) is 25.4. The molecule has 10 heteroatoms. The molecule has 0 radical (unpaired) electrons. The van der Waals surface area contributed by atoms with Gasteiger partial charge in [0.1, 0.15) is 11.5 Å². The summed E-state index contributed by atoms with van der Waals surface area (Å²) in [4.78, 5) is 18.0. The molecule has 1 amide bonds. The number of anilines is 2. The third-order valence-electron chi connectivity index (χ3n) is 7.13. The second-order valence-corrected chi connectivity index (χ2v) is 13.4. The summed E-state index contributed by atoms with van der Waals surface area (Å²) in [5.74, 6) is 1.67. The van der Waals surface area contributed by atoms with Crippen molar-refractivity contribution >= 4 is 27.3 Å². The Balaban J connectivity index is 1.58. The van der Waals surface area contributed by atoms with Gasteiger partial charge in [0.05, 0.1) is 24.7 Å². The van der Waals surface area contributed by atoms with Crippen LogP contribution < -0.4 is 24.8 Å². The summed E-state index contributed by atoms with van der Waals surface area (Å²) < 4.78 is 38.4. The highest BCUT2D eigenvalue weighted by Gasteiger charge is 2.23. The van der Waals surface area contributed by atoms with E-state index in [1.165, 1.54) is 7.11 Å². The number of nitrogens with one attached hydrogen (secondary N) is 3. The fourth-order valence-electron chi connectivity index (χ4n) is 4.84. The number of aromatic nitrogens is 1. The fourth-order valence-corrected chi connectivity index (χ4v) is 5.39. The Morgan fingerprint density at radius 3 is 2.44 bits per heavy atom. The van der Waals surface area contributed by atoms with Gasteiger partial charge in [-0.15, -0.1) is 0 Å². The zero-order chi connectivity index (χ0) is 29.8. The van der Waals surface area contributed by atoms with E-state index in [1.54, 1.807) is 30.5 Å². The quantitative estimate of drug-likeness (QED) is 0.299. The van der Waals surface area contributed by atoms with Crippen molar-refractivity contribution in [1.82, 2.24) is 10.3 Å². The van der Waals surface area contributed by atoms with Crippen molar-refractivity contribution in [3.05, 3.63) is 71.0 Å². The van der Waals surface area contributed by atoms with Gasteiger partial charge >= 0.3 is 0 Å². The Morgan fingerprint density at radius 2 is 1.78 bits per heavy atom. The van der Waals surface area contributed by atoms with Crippen LogP contribution in [0.15, 0.2) is 48.7 Å². The molecule has 220 valence electrons. The molecule has 0 saturated carbocycles. The van der Waals surface area contributed by atoms with Crippen LogP contribution in [0, 0.1) is 12.8 Å². The van der Waals surface area contributed by atoms with Crippen molar-refractivity contribution in [2.24, 2.45) is 5.92 Å². The number of sulfonamides is 1. The number of aryl methyl sites for hydroxylation is 1. The largest absolute Gasteiger partial charge is 0.492 e. The molecule has 1 aromatic heterocycles. The van der Waals surface area contributed by atoms with E-state index in [9.17, 15) is 13.2 Å². The number of carbonyl (C=O) groups is 1. The predicted molar refractivity (Wildman–Crippen MR) is 163 cm³/mol. The van der Waals surface area contributed by atoms with Gasteiger partial charge in [-0.1, -0.05) is 26.8 Å². The monoisotopic (exact) mass is 580 g/mol. The van der Waals surface area contributed by atoms with Crippen molar-refractivity contribution in [2.75, 3.05) is 36.5 Å². The highest BCUT2D eigenvalue weighted by molar-refractivity contribution is 7.92. The standard InChI is InChI=1S/C31H40N4O5S/c1-20-7-8-22(16-28(20)40-25-11-14-33-24(19-25)15-21-9-12-32-13-10-21)30(36)34-26-17-23(31(2,3)4)18-27(29(26)39-5)35-41(6,37)38/h7-8,11,14,16-19,21,32,35H,9-10,12-13,15H2,1-6H3,(H,34,36). The van der Waals surface area contributed by atoms with E-state index in [0.717, 1.165) is 55.4 Å². The number of carbonyl (C=O) groups excluding carboxylic acids is 1. The molecule has 3 aromatic rings. The van der Waals surface area contributed by atoms with Gasteiger partial charge in [-0.25, -0.2) is 8.42 Å². The second-order valence-electron chi connectivity index (χ2n) is 11.6. The van der Waals surface area contributed by atoms with E-state index in [4.69, 9.17) is 9.47 Å². The van der Waals surface area contributed by atoms with Crippen LogP contribution in [0.4, 0.5) is 11.4 Å². The molecule has 0 aliphatic carbocycles. The first-order valence-corrected chi connectivity index (χ1v) is 15.7. The number of rotatable bonds is 9. The van der Waals surface area contributed by atoms with Crippen LogP contribution in [0.1, 0.15) is 60.8 Å². The van der Waals surface area contributed by atoms with E-state index in [-0.39, 0.29) is 22.8 Å². The maximum absolute atomic E-state index is 13.5. The number of pyridine rings is 1. The topological polar surface area (TPSA) is 119 Å². The molecule has 0 atom stereocenters. The first-order chi connectivity index (χ1) is 19.3. The van der Waals surface area contributed by atoms with Crippen LogP contribution in [-0.2, 0) is 21.9 Å². The lowest BCUT2D eigenvalue weighted by molar-refractivity contribution is 0.102. The van der Waals surface area contributed by atoms with Gasteiger partial charge in [-0.2, -0.15) is 0 Å². The minimum atomic E-state index is -3.59. The summed E-state index contributed by atoms with van der Waals surface area (Å²) in [5, 5.41) is 6.31. The summed E-state index contributed by atoms with van der Waals surface area (Å²) in [6.07, 6.45) is 6.01. The number of benzene rings is 2. The summed E-state index contributed by atoms with van der Waals surface area (Å²) in [6.45, 7) is 10.0. The van der Waals surface area contributed by atoms with Gasteiger partial charge in [0, 0.05) is 23.5 Å². The van der Waals surface area contributed by atoms with Gasteiger partial charge in [0.15, 0.2) is 5.75 Å². The number of ether oxygens (including phenoxy) is 2. The molecule has 1 aliphatic rings. The first-order valence-electron chi connectivity index (χ1n) is 13.8. The van der Waals surface area contributed by atoms with E-state index in [1.807, 2.05) is 45.9 Å². The van der Waals surface area contributed by atoms with E-state index in [0.29, 0.717) is 28.7 Å². The molecule has 2 heterocycles. The zero-order valence-electron chi connectivity index (χ0n) is 24.6. The first kappa shape index (κ1) is 30.3. The molecule has 1 fully saturated rings. The summed E-state index contributed by atoms with van der Waals surface area (Å²) in [5.41, 5.74) is 3.37. The minimum Gasteiger partial charge on any atom is -0.492 e. The van der Waals surface area contributed by atoms with Crippen molar-refractivity contribution in [1.29, 1.82) is 0 Å². The third-order valence-corrected chi connectivity index (χ3v) is 7.72. The van der Waals surface area contributed by atoms with Gasteiger partial charge in [0.2, 0.25) is 10.0 Å². The molecule has 41 heavy (non-hydrogen) atoms. The molecule has 0 unspecified atom stereocenters. The highest BCUT2D eigenvalue weighted by Crippen LogP contribution is 2.39. The Labute approximate surface area is 243 Å². The maximum Gasteiger partial charge on any atom is 0.255 e. The molecule has 3 N–H and O–H groups in total. The van der Waals surface area contributed by atoms with Crippen LogP contribution >= 0.6 is 0 Å². The molecule has 2 aromatic carbocycles. The van der Waals surface area contributed by atoms with Gasteiger partial charge in [0.25, 0.3) is 5.91 Å². The lowest BCUT2D eigenvalue weighted by atomic mass is 9.86. The lowest BCUT2D eigenvalue weighted by Gasteiger charge is -2.24. The number of hydrogen-bond donors (Lipinski definition) is 3. The Kier molecular flexibility index (Phi) is 9.24. The molecule has 9 nitrogen and oxygen atoms in total. The Hall–Kier alpha value is -3.63. The van der Waals surface area contributed by atoms with Crippen molar-refractivity contribution in [3.8, 4) is 17.2 Å². The molecule has 0 spiro atoms. The number of hydrogen-bond acceptors (Lipinski definition) is 7. The number of piperidine rings is 1. The SMILES string of the molecule is COc1c(NC(=O)c2ccc(C)c(Oc3ccnc(CC4CCNCC4)c3)c2)cc(C(C)(C)C)cc1NS(C)(=O)=O. The van der Waals surface area contributed by atoms with Crippen LogP contribution in [0.2, 0.25) is 0 Å². The summed E-state index contributed by atoms with van der Waals surface area (Å²) in [6, 6.07) is 12.6. The minimum absolute atomic E-state index is 0.221. The van der Waals surface area contributed by atoms with Crippen LogP contribution in [0.3, 0.4) is 0 Å². The smallest absolute Gasteiger partial charge is 0.255 e. The third kappa shape index (κ3) is 8.20. The number of methoxy groups -OCH3 is 1. The van der Waals surface area contributed by atoms with Crippen molar-refractivity contribution < 1.29 is 22.7 Å². The average Bonchev–Trinajstić information content (AvgIpc) is 2.89. The van der Waals surface area contributed by atoms with Crippen molar-refractivity contribution in [3.63, 3.8) is 0 Å². The van der Waals surface area contributed by atoms with Gasteiger partial charge in [-0.05, 0) is 92.1 Å². The van der Waals surface area contributed by atoms with Gasteiger partial charge < -0.3 is 20.1 Å². The molecule has 1 aliphatic heterocycles. The highest BCUT2D eigenvalue weighted by atomic mass is 32.2. The normalized spacial score (nSPS) is 14.4. The van der Waals surface area contributed by atoms with E-state index in [2.05, 4.69) is 20.3 Å². The predicted octanol–water partition coefficient (Wildman–Crippen LogP) is 5.65. The average molecular weight is 581 g/mol. The number of amides is 1. The Bertz CT molecular complexity index is 1510. The molecular formula is C31H40N4O5S. The van der Waals surface area contributed by atoms with E-state index >= 15 is 0 Å². The summed E-state index contributed by atoms with van der Waals surface area (Å²) >= 11 is 0. The maximum atomic E-state index is 13.5. The molecule has 4 rings (SSSR count). The fraction of sp³-hybridized carbons (Fsp3) is 0.419. The van der Waals surface area contributed by atoms with Crippen LogP contribution in [0.25, 0.3) is 0 Å². The lowest BCUT2D eigenvalue weighted by Crippen LogP contribution is -2.28.